The molecule has 1 heterocycles. The Morgan fingerprint density at radius 2 is 1.52 bits per heavy atom. The van der Waals surface area contributed by atoms with Crippen molar-refractivity contribution >= 4 is 16.6 Å². The summed E-state index contributed by atoms with van der Waals surface area (Å²) in [5.74, 6) is 0.842. The molecule has 0 fully saturated rings. The number of hydrogen-bond donors (Lipinski definition) is 0. The van der Waals surface area contributed by atoms with Gasteiger partial charge in [-0.25, -0.2) is 0 Å². The fourth-order valence-electron chi connectivity index (χ4n) is 2.86. The molecule has 102 valence electrons. The monoisotopic (exact) mass is 274 g/mol. The highest BCUT2D eigenvalue weighted by Crippen LogP contribution is 2.37. The zero-order valence-electron chi connectivity index (χ0n) is 11.5. The maximum absolute atomic E-state index is 12.4. The highest BCUT2D eigenvalue weighted by molar-refractivity contribution is 6.04. The zero-order chi connectivity index (χ0) is 14.2. The molecule has 1 unspecified atom stereocenters. The molecule has 0 N–H and O–H groups in total. The maximum Gasteiger partial charge on any atom is 0.170 e. The fraction of sp³-hybridized carbons (Fsp3) is 0.105. The van der Waals surface area contributed by atoms with Gasteiger partial charge in [-0.3, -0.25) is 4.79 Å². The molecule has 1 atom stereocenters. The SMILES string of the molecule is O=C1CC(c2ccccc2)Oc2cc3ccccc3cc21. The molecule has 4 rings (SSSR count). The number of benzene rings is 3. The van der Waals surface area contributed by atoms with Crippen LogP contribution in [0.15, 0.2) is 66.7 Å². The predicted octanol–water partition coefficient (Wildman–Crippen LogP) is 4.55. The summed E-state index contributed by atoms with van der Waals surface area (Å²) in [6, 6.07) is 21.9. The molecule has 0 aromatic heterocycles. The molecule has 2 nitrogen and oxygen atoms in total. The molecule has 0 aliphatic carbocycles. The van der Waals surface area contributed by atoms with Crippen molar-refractivity contribution in [1.82, 2.24) is 0 Å². The minimum absolute atomic E-state index is 0.149. The summed E-state index contributed by atoms with van der Waals surface area (Å²) in [4.78, 5) is 12.4. The first kappa shape index (κ1) is 12.2. The first-order valence-corrected chi connectivity index (χ1v) is 7.09. The van der Waals surface area contributed by atoms with Crippen LogP contribution in [0, 0.1) is 0 Å². The van der Waals surface area contributed by atoms with E-state index >= 15 is 0 Å². The van der Waals surface area contributed by atoms with Gasteiger partial charge in [0.15, 0.2) is 5.78 Å². The third kappa shape index (κ3) is 2.09. The number of ketones is 1. The molecule has 21 heavy (non-hydrogen) atoms. The predicted molar refractivity (Wildman–Crippen MR) is 82.7 cm³/mol. The molecule has 0 spiro atoms. The van der Waals surface area contributed by atoms with Gasteiger partial charge in [-0.1, -0.05) is 54.6 Å². The van der Waals surface area contributed by atoms with Crippen molar-refractivity contribution in [3.63, 3.8) is 0 Å². The molecule has 1 aliphatic heterocycles. The van der Waals surface area contributed by atoms with Crippen LogP contribution >= 0.6 is 0 Å². The van der Waals surface area contributed by atoms with Gasteiger partial charge in [0.25, 0.3) is 0 Å². The number of Topliss-reactive ketones (excluding diaryl/α,β-unsaturated/α-hetero) is 1. The lowest BCUT2D eigenvalue weighted by Crippen LogP contribution is -2.20. The van der Waals surface area contributed by atoms with Crippen molar-refractivity contribution in [2.24, 2.45) is 0 Å². The van der Waals surface area contributed by atoms with Crippen LogP contribution in [0.1, 0.15) is 28.4 Å². The minimum atomic E-state index is -0.188. The van der Waals surface area contributed by atoms with Crippen molar-refractivity contribution in [2.75, 3.05) is 0 Å². The maximum atomic E-state index is 12.4. The number of carbonyl (C=O) groups is 1. The Balaban J connectivity index is 1.80. The van der Waals surface area contributed by atoms with Crippen LogP contribution in [-0.4, -0.2) is 5.78 Å². The van der Waals surface area contributed by atoms with E-state index in [0.717, 1.165) is 16.3 Å². The average molecular weight is 274 g/mol. The lowest BCUT2D eigenvalue weighted by Gasteiger charge is -2.26. The highest BCUT2D eigenvalue weighted by atomic mass is 16.5. The van der Waals surface area contributed by atoms with Crippen LogP contribution in [0.2, 0.25) is 0 Å². The van der Waals surface area contributed by atoms with Gasteiger partial charge >= 0.3 is 0 Å². The summed E-state index contributed by atoms with van der Waals surface area (Å²) in [5, 5.41) is 2.17. The van der Waals surface area contributed by atoms with Gasteiger partial charge < -0.3 is 4.74 Å². The van der Waals surface area contributed by atoms with E-state index in [-0.39, 0.29) is 11.9 Å². The molecule has 0 saturated heterocycles. The van der Waals surface area contributed by atoms with Crippen molar-refractivity contribution < 1.29 is 9.53 Å². The second-order valence-electron chi connectivity index (χ2n) is 5.34. The first-order chi connectivity index (χ1) is 10.3. The van der Waals surface area contributed by atoms with Gasteiger partial charge in [0, 0.05) is 0 Å². The van der Waals surface area contributed by atoms with Crippen LogP contribution in [0.5, 0.6) is 5.75 Å². The normalized spacial score (nSPS) is 17.3. The van der Waals surface area contributed by atoms with E-state index in [1.165, 1.54) is 0 Å². The molecule has 0 saturated carbocycles. The van der Waals surface area contributed by atoms with Crippen molar-refractivity contribution in [3.05, 3.63) is 77.9 Å². The Kier molecular flexibility index (Phi) is 2.74. The van der Waals surface area contributed by atoms with E-state index in [2.05, 4.69) is 0 Å². The number of fused-ring (bicyclic) bond motifs is 2. The molecular formula is C19H14O2. The standard InChI is InChI=1S/C19H14O2/c20-17-12-18(13-6-2-1-3-7-13)21-19-11-15-9-5-4-8-14(15)10-16(17)19/h1-11,18H,12H2. The summed E-state index contributed by atoms with van der Waals surface area (Å²) >= 11 is 0. The lowest BCUT2D eigenvalue weighted by molar-refractivity contribution is 0.0851. The summed E-state index contributed by atoms with van der Waals surface area (Å²) in [6.45, 7) is 0. The Morgan fingerprint density at radius 1 is 0.857 bits per heavy atom. The summed E-state index contributed by atoms with van der Waals surface area (Å²) in [6.07, 6.45) is 0.211. The average Bonchev–Trinajstić information content (AvgIpc) is 2.54. The fourth-order valence-corrected chi connectivity index (χ4v) is 2.86. The summed E-state index contributed by atoms with van der Waals surface area (Å²) in [5.41, 5.74) is 1.74. The third-order valence-electron chi connectivity index (χ3n) is 3.96. The molecule has 3 aromatic carbocycles. The molecule has 0 radical (unpaired) electrons. The molecule has 2 heteroatoms. The van der Waals surface area contributed by atoms with Gasteiger partial charge in [-0.2, -0.15) is 0 Å². The Hall–Kier alpha value is -2.61. The minimum Gasteiger partial charge on any atom is -0.484 e. The highest BCUT2D eigenvalue weighted by Gasteiger charge is 2.27. The van der Waals surface area contributed by atoms with Crippen molar-refractivity contribution in [3.8, 4) is 5.75 Å². The van der Waals surface area contributed by atoms with E-state index in [9.17, 15) is 4.79 Å². The molecule has 3 aromatic rings. The lowest BCUT2D eigenvalue weighted by atomic mass is 9.94. The van der Waals surface area contributed by atoms with Gasteiger partial charge in [0.2, 0.25) is 0 Å². The Labute approximate surface area is 123 Å². The Morgan fingerprint density at radius 3 is 2.29 bits per heavy atom. The second-order valence-corrected chi connectivity index (χ2v) is 5.34. The smallest absolute Gasteiger partial charge is 0.170 e. The second kappa shape index (κ2) is 4.74. The van der Waals surface area contributed by atoms with E-state index in [1.54, 1.807) is 0 Å². The van der Waals surface area contributed by atoms with Crippen molar-refractivity contribution in [1.29, 1.82) is 0 Å². The van der Waals surface area contributed by atoms with Crippen LogP contribution in [0.25, 0.3) is 10.8 Å². The number of ether oxygens (including phenoxy) is 1. The van der Waals surface area contributed by atoms with Gasteiger partial charge in [0.05, 0.1) is 12.0 Å². The number of rotatable bonds is 1. The number of hydrogen-bond acceptors (Lipinski definition) is 2. The molecule has 1 aliphatic rings. The van der Waals surface area contributed by atoms with Crippen LogP contribution in [0.3, 0.4) is 0 Å². The van der Waals surface area contributed by atoms with Gasteiger partial charge in [-0.05, 0) is 28.5 Å². The van der Waals surface area contributed by atoms with Crippen molar-refractivity contribution in [2.45, 2.75) is 12.5 Å². The van der Waals surface area contributed by atoms with Crippen LogP contribution < -0.4 is 4.74 Å². The van der Waals surface area contributed by atoms with E-state index in [0.29, 0.717) is 17.7 Å². The summed E-state index contributed by atoms with van der Waals surface area (Å²) in [7, 11) is 0. The third-order valence-corrected chi connectivity index (χ3v) is 3.96. The quantitative estimate of drug-likeness (QED) is 0.651. The van der Waals surface area contributed by atoms with Crippen LogP contribution in [-0.2, 0) is 0 Å². The van der Waals surface area contributed by atoms with E-state index in [4.69, 9.17) is 4.74 Å². The largest absolute Gasteiger partial charge is 0.484 e. The van der Waals surface area contributed by atoms with Crippen LogP contribution in [0.4, 0.5) is 0 Å². The Bertz CT molecular complexity index is 821. The molecule has 0 amide bonds. The topological polar surface area (TPSA) is 26.3 Å². The summed E-state index contributed by atoms with van der Waals surface area (Å²) < 4.78 is 6.08. The van der Waals surface area contributed by atoms with E-state index in [1.807, 2.05) is 66.7 Å². The molecular weight excluding hydrogens is 260 g/mol. The zero-order valence-corrected chi connectivity index (χ0v) is 11.5. The van der Waals surface area contributed by atoms with Gasteiger partial charge in [0.1, 0.15) is 11.9 Å². The first-order valence-electron chi connectivity index (χ1n) is 7.09. The van der Waals surface area contributed by atoms with Gasteiger partial charge in [-0.15, -0.1) is 0 Å². The van der Waals surface area contributed by atoms with E-state index < -0.39 is 0 Å². The molecule has 0 bridgehead atoms. The number of carbonyl (C=O) groups excluding carboxylic acids is 1.